The fourth-order valence-corrected chi connectivity index (χ4v) is 11.7. The number of ether oxygens (including phenoxy) is 2. The number of hydrogen-bond acceptors (Lipinski definition) is 4. The quantitative estimate of drug-likeness (QED) is 0.0670. The molecule has 0 N–H and O–H groups in total. The van der Waals surface area contributed by atoms with Gasteiger partial charge in [0.2, 0.25) is 0 Å². The Morgan fingerprint density at radius 2 is 1.36 bits per heavy atom. The number of aryl methyl sites for hydroxylation is 4. The van der Waals surface area contributed by atoms with Crippen molar-refractivity contribution in [1.82, 2.24) is 4.57 Å². The Hall–Kier alpha value is -2.77. The van der Waals surface area contributed by atoms with Crippen LogP contribution in [0.5, 0.6) is 17.2 Å². The Morgan fingerprint density at radius 1 is 0.803 bits per heavy atom. The number of benzene rings is 4. The minimum Gasteiger partial charge on any atom is -0.542 e. The first-order chi connectivity index (χ1) is 29.1. The molecule has 2 aliphatic rings. The van der Waals surface area contributed by atoms with E-state index in [0.29, 0.717) is 28.7 Å². The van der Waals surface area contributed by atoms with Crippen molar-refractivity contribution in [2.24, 2.45) is 4.99 Å². The molecule has 0 aliphatic heterocycles. The molecule has 0 saturated heterocycles. The van der Waals surface area contributed by atoms with Crippen molar-refractivity contribution in [3.8, 4) is 28.4 Å². The molecule has 1 unspecified atom stereocenters. The number of allylic oxidation sites excluding steroid dienone is 1. The van der Waals surface area contributed by atoms with E-state index in [1.165, 1.54) is 49.8 Å². The maximum atomic E-state index is 7.77. The highest BCUT2D eigenvalue weighted by Gasteiger charge is 2.41. The predicted molar refractivity (Wildman–Crippen MR) is 277 cm³/mol. The van der Waals surface area contributed by atoms with E-state index in [-0.39, 0.29) is 5.04 Å². The van der Waals surface area contributed by atoms with Gasteiger partial charge in [-0.3, -0.25) is 4.99 Å². The number of fused-ring (bicyclic) bond motifs is 2. The first kappa shape index (κ1) is 46.2. The number of rotatable bonds is 13. The first-order valence-electron chi connectivity index (χ1n) is 21.6. The van der Waals surface area contributed by atoms with Crippen LogP contribution in [0.15, 0.2) is 77.8 Å². The summed E-state index contributed by atoms with van der Waals surface area (Å²) in [5, 5.41) is 1.01. The van der Waals surface area contributed by atoms with Crippen molar-refractivity contribution in [2.75, 3.05) is 7.11 Å². The molecule has 1 heterocycles. The highest BCUT2D eigenvalue weighted by atomic mass is 127. The third kappa shape index (κ3) is 10.1. The van der Waals surface area contributed by atoms with E-state index in [1.807, 2.05) is 36.4 Å². The molecule has 0 saturated carbocycles. The predicted octanol–water partition coefficient (Wildman–Crippen LogP) is 15.8. The second kappa shape index (κ2) is 19.5. The molecule has 0 amide bonds. The molecular formula is C51H58Cl2I2N2O3Si. The van der Waals surface area contributed by atoms with Crippen LogP contribution in [0.3, 0.4) is 0 Å². The van der Waals surface area contributed by atoms with Crippen LogP contribution in [0.4, 0.5) is 5.69 Å². The largest absolute Gasteiger partial charge is 0.542 e. The minimum atomic E-state index is -2.27. The number of methoxy groups -OCH3 is 1. The van der Waals surface area contributed by atoms with Crippen LogP contribution in [0.2, 0.25) is 28.2 Å². The molecule has 0 spiro atoms. The van der Waals surface area contributed by atoms with Gasteiger partial charge in [-0.15, -0.1) is 0 Å². The van der Waals surface area contributed by atoms with Gasteiger partial charge in [0.1, 0.15) is 22.9 Å². The smallest absolute Gasteiger partial charge is 0.250 e. The lowest BCUT2D eigenvalue weighted by Gasteiger charge is -2.39. The van der Waals surface area contributed by atoms with Gasteiger partial charge in [0.15, 0.2) is 6.10 Å². The summed E-state index contributed by atoms with van der Waals surface area (Å²) in [6.45, 7) is 16.6. The maximum Gasteiger partial charge on any atom is 0.250 e. The second-order valence-corrected chi connectivity index (χ2v) is 25.9. The standard InChI is InChI=1S/C51H58Cl2I2N2O3Si/c1-32-27-28-33(2)57(32)31-45(43(56-48-39(52)23-16-24-40(48)53)25-15-20-34-17-11-14-26-44(34)58-6)59-49-41(54)29-35-18-9-12-21-37(35)46(49)47-38-22-13-10-19-36(38)30-42(55)50(47)60-61(7,8)51(3,4)5/h11,14-17,20,23-24,26-30,45H,9-10,12-13,18-19,21-22,25,31H2,1-8H3/b20-15+,56-43+. The van der Waals surface area contributed by atoms with Crippen molar-refractivity contribution in [3.63, 3.8) is 0 Å². The Labute approximate surface area is 402 Å². The molecule has 5 aromatic rings. The average Bonchev–Trinajstić information content (AvgIpc) is 3.54. The zero-order chi connectivity index (χ0) is 43.6. The molecule has 1 atom stereocenters. The second-order valence-electron chi connectivity index (χ2n) is 18.0. The molecule has 322 valence electrons. The third-order valence-electron chi connectivity index (χ3n) is 12.9. The third-order valence-corrected chi connectivity index (χ3v) is 19.4. The summed E-state index contributed by atoms with van der Waals surface area (Å²) in [4.78, 5) is 5.37. The summed E-state index contributed by atoms with van der Waals surface area (Å²) in [6.07, 6.45) is 13.1. The lowest BCUT2D eigenvalue weighted by Crippen LogP contribution is -2.44. The van der Waals surface area contributed by atoms with Gasteiger partial charge in [-0.25, -0.2) is 0 Å². The van der Waals surface area contributed by atoms with Crippen LogP contribution in [0, 0.1) is 21.0 Å². The number of hydrogen-bond donors (Lipinski definition) is 0. The number of para-hydroxylation sites is 2. The maximum absolute atomic E-state index is 7.77. The Kier molecular flexibility index (Phi) is 14.8. The van der Waals surface area contributed by atoms with Crippen LogP contribution in [0.1, 0.15) is 92.1 Å². The van der Waals surface area contributed by atoms with Gasteiger partial charge in [-0.1, -0.05) is 80.4 Å². The number of halogens is 4. The Balaban J connectivity index is 1.49. The van der Waals surface area contributed by atoms with Crippen LogP contribution >= 0.6 is 68.4 Å². The highest BCUT2D eigenvalue weighted by Crippen LogP contribution is 2.52. The number of nitrogens with zero attached hydrogens (tertiary/aromatic N) is 2. The zero-order valence-corrected chi connectivity index (χ0v) is 43.6. The van der Waals surface area contributed by atoms with Crippen molar-refractivity contribution >= 4 is 94.2 Å². The van der Waals surface area contributed by atoms with Gasteiger partial charge in [0.25, 0.3) is 8.32 Å². The monoisotopic (exact) mass is 1100 g/mol. The lowest BCUT2D eigenvalue weighted by atomic mass is 9.80. The molecule has 10 heteroatoms. The molecule has 4 aromatic carbocycles. The molecule has 5 nitrogen and oxygen atoms in total. The number of aliphatic imine (C=N–C) groups is 1. The summed E-state index contributed by atoms with van der Waals surface area (Å²) in [6, 6.07) is 22.7. The van der Waals surface area contributed by atoms with Crippen LogP contribution in [-0.4, -0.2) is 31.8 Å². The molecule has 61 heavy (non-hydrogen) atoms. The molecule has 2 aliphatic carbocycles. The highest BCUT2D eigenvalue weighted by molar-refractivity contribution is 14.1. The van der Waals surface area contributed by atoms with E-state index in [9.17, 15) is 0 Å². The van der Waals surface area contributed by atoms with E-state index in [0.717, 1.165) is 82.0 Å². The van der Waals surface area contributed by atoms with Gasteiger partial charge in [-0.05, 0) is 193 Å². The molecule has 0 bridgehead atoms. The fourth-order valence-electron chi connectivity index (χ4n) is 8.45. The van der Waals surface area contributed by atoms with Crippen molar-refractivity contribution in [1.29, 1.82) is 0 Å². The summed E-state index contributed by atoms with van der Waals surface area (Å²) in [7, 11) is -0.570. The van der Waals surface area contributed by atoms with Crippen molar-refractivity contribution in [3.05, 3.63) is 129 Å². The summed E-state index contributed by atoms with van der Waals surface area (Å²) in [5.41, 5.74) is 12.8. The van der Waals surface area contributed by atoms with E-state index >= 15 is 0 Å². The average molecular weight is 1100 g/mol. The minimum absolute atomic E-state index is 0.0212. The lowest BCUT2D eigenvalue weighted by molar-refractivity contribution is 0.239. The molecular weight excluding hydrogens is 1040 g/mol. The van der Waals surface area contributed by atoms with E-state index < -0.39 is 14.4 Å². The van der Waals surface area contributed by atoms with E-state index in [1.54, 1.807) is 7.11 Å². The van der Waals surface area contributed by atoms with Gasteiger partial charge in [0, 0.05) is 34.5 Å². The molecule has 7 rings (SSSR count). The van der Waals surface area contributed by atoms with Crippen molar-refractivity contribution < 1.29 is 13.9 Å². The molecule has 0 fully saturated rings. The summed E-state index contributed by atoms with van der Waals surface area (Å²) >= 11 is 18.9. The topological polar surface area (TPSA) is 45.0 Å². The van der Waals surface area contributed by atoms with Gasteiger partial charge in [0.05, 0.1) is 36.6 Å². The zero-order valence-electron chi connectivity index (χ0n) is 36.8. The number of aromatic nitrogens is 1. The van der Waals surface area contributed by atoms with Gasteiger partial charge >= 0.3 is 0 Å². The van der Waals surface area contributed by atoms with E-state index in [2.05, 4.69) is 140 Å². The van der Waals surface area contributed by atoms with Crippen LogP contribution in [-0.2, 0) is 32.2 Å². The SMILES string of the molecule is COc1ccccc1/C=C/C/C(=N\c1c(Cl)cccc1Cl)C(Cn1c(C)ccc1C)Oc1c(I)cc2c(c1-c1c3c(cc(I)c1O[Si](C)(C)C(C)(C)C)CCCC3)CCCC2. The summed E-state index contributed by atoms with van der Waals surface area (Å²) in [5.74, 6) is 2.73. The van der Waals surface area contributed by atoms with E-state index in [4.69, 9.17) is 42.1 Å². The first-order valence-corrected chi connectivity index (χ1v) is 27.4. The van der Waals surface area contributed by atoms with Crippen LogP contribution < -0.4 is 13.9 Å². The Bertz CT molecular complexity index is 2450. The fraction of sp³-hybridized carbons (Fsp3) is 0.392. The Morgan fingerprint density at radius 3 is 1.95 bits per heavy atom. The normalized spacial score (nSPS) is 15.1. The van der Waals surface area contributed by atoms with Gasteiger partial charge < -0.3 is 18.5 Å². The molecule has 0 radical (unpaired) electrons. The summed E-state index contributed by atoms with van der Waals surface area (Å²) < 4.78 is 25.6. The molecule has 1 aromatic heterocycles. The van der Waals surface area contributed by atoms with Crippen LogP contribution in [0.25, 0.3) is 17.2 Å². The van der Waals surface area contributed by atoms with Crippen molar-refractivity contribution in [2.45, 2.75) is 123 Å². The van der Waals surface area contributed by atoms with Gasteiger partial charge in [-0.2, -0.15) is 0 Å².